The number of carbonyl (C=O) groups excluding carboxylic acids is 1. The monoisotopic (exact) mass is 588 g/mol. The smallest absolute Gasteiger partial charge is 0.310 e. The first-order valence-electron chi connectivity index (χ1n) is 13.8. The number of ether oxygens (including phenoxy) is 9. The third kappa shape index (κ3) is 4.26. The van der Waals surface area contributed by atoms with Gasteiger partial charge in [-0.15, -0.1) is 0 Å². The van der Waals surface area contributed by atoms with Crippen molar-refractivity contribution in [2.45, 2.75) is 55.9 Å². The highest BCUT2D eigenvalue weighted by atomic mass is 16.8. The molecule has 4 aliphatic heterocycles. The van der Waals surface area contributed by atoms with E-state index in [2.05, 4.69) is 0 Å². The maximum atomic E-state index is 13.4. The van der Waals surface area contributed by atoms with Crippen LogP contribution in [0.1, 0.15) is 35.6 Å². The number of hydrogen-bond acceptors (Lipinski definition) is 13. The maximum Gasteiger partial charge on any atom is 0.310 e. The van der Waals surface area contributed by atoms with Crippen molar-refractivity contribution in [1.82, 2.24) is 0 Å². The van der Waals surface area contributed by atoms with Gasteiger partial charge in [0.1, 0.15) is 24.4 Å². The average Bonchev–Trinajstić information content (AvgIpc) is 3.61. The van der Waals surface area contributed by atoms with E-state index in [9.17, 15) is 20.1 Å². The first-order chi connectivity index (χ1) is 20.3. The van der Waals surface area contributed by atoms with Crippen LogP contribution in [-0.2, 0) is 28.5 Å². The third-order valence-electron chi connectivity index (χ3n) is 8.75. The summed E-state index contributed by atoms with van der Waals surface area (Å²) in [6.07, 6.45) is -6.80. The zero-order valence-corrected chi connectivity index (χ0v) is 23.1. The molecule has 3 fully saturated rings. The van der Waals surface area contributed by atoms with Gasteiger partial charge in [0.2, 0.25) is 12.5 Å². The molecule has 5 aliphatic rings. The van der Waals surface area contributed by atoms with Crippen LogP contribution in [0.4, 0.5) is 0 Å². The number of cyclic esters (lactones) is 1. The van der Waals surface area contributed by atoms with Crippen molar-refractivity contribution in [3.05, 3.63) is 41.0 Å². The summed E-state index contributed by atoms with van der Waals surface area (Å²) in [5, 5.41) is 32.5. The molecule has 1 unspecified atom stereocenters. The van der Waals surface area contributed by atoms with E-state index in [-0.39, 0.29) is 37.3 Å². The summed E-state index contributed by atoms with van der Waals surface area (Å²) >= 11 is 0. The van der Waals surface area contributed by atoms with Crippen LogP contribution in [0.5, 0.6) is 28.7 Å². The molecule has 4 heterocycles. The quantitative estimate of drug-likeness (QED) is 0.430. The second-order valence-corrected chi connectivity index (χ2v) is 11.0. The molecule has 13 nitrogen and oxygen atoms in total. The molecule has 3 N–H and O–H groups in total. The van der Waals surface area contributed by atoms with Gasteiger partial charge in [0.05, 0.1) is 39.5 Å². The van der Waals surface area contributed by atoms with Gasteiger partial charge in [0.25, 0.3) is 0 Å². The Labute approximate surface area is 240 Å². The molecule has 42 heavy (non-hydrogen) atoms. The lowest BCUT2D eigenvalue weighted by atomic mass is 9.66. The molecule has 3 saturated heterocycles. The van der Waals surface area contributed by atoms with Crippen molar-refractivity contribution < 1.29 is 62.7 Å². The molecular weight excluding hydrogens is 556 g/mol. The molecule has 13 heteroatoms. The van der Waals surface area contributed by atoms with Crippen molar-refractivity contribution in [3.8, 4) is 28.7 Å². The maximum absolute atomic E-state index is 13.4. The Morgan fingerprint density at radius 3 is 2.26 bits per heavy atom. The largest absolute Gasteiger partial charge is 0.502 e. The second kappa shape index (κ2) is 10.4. The average molecular weight is 589 g/mol. The molecule has 1 aliphatic carbocycles. The Balaban J connectivity index is 1.32. The fraction of sp³-hybridized carbons (Fsp3) is 0.552. The second-order valence-electron chi connectivity index (χ2n) is 11.0. The molecule has 2 aromatic carbocycles. The molecule has 0 saturated carbocycles. The number of carbonyl (C=O) groups is 1. The Morgan fingerprint density at radius 2 is 1.57 bits per heavy atom. The number of aliphatic hydroxyl groups excluding tert-OH is 2. The van der Waals surface area contributed by atoms with Crippen LogP contribution in [-0.4, -0.2) is 92.5 Å². The summed E-state index contributed by atoms with van der Waals surface area (Å²) in [4.78, 5) is 13.4. The Bertz CT molecular complexity index is 1350. The zero-order valence-electron chi connectivity index (χ0n) is 23.1. The van der Waals surface area contributed by atoms with Gasteiger partial charge in [-0.1, -0.05) is 0 Å². The minimum Gasteiger partial charge on any atom is -0.502 e. The molecule has 226 valence electrons. The van der Waals surface area contributed by atoms with Gasteiger partial charge in [-0.2, -0.15) is 0 Å². The molecule has 0 spiro atoms. The highest BCUT2D eigenvalue weighted by Gasteiger charge is 2.56. The van der Waals surface area contributed by atoms with Crippen molar-refractivity contribution >= 4 is 5.97 Å². The molecule has 0 radical (unpaired) electrons. The van der Waals surface area contributed by atoms with Crippen LogP contribution in [0.25, 0.3) is 0 Å². The van der Waals surface area contributed by atoms with E-state index in [0.717, 1.165) is 0 Å². The predicted molar refractivity (Wildman–Crippen MR) is 138 cm³/mol. The van der Waals surface area contributed by atoms with Crippen LogP contribution >= 0.6 is 0 Å². The molecule has 0 amide bonds. The van der Waals surface area contributed by atoms with Gasteiger partial charge in [-0.25, -0.2) is 0 Å². The number of rotatable bonds is 5. The van der Waals surface area contributed by atoms with Gasteiger partial charge in [0.15, 0.2) is 35.6 Å². The molecule has 0 bridgehead atoms. The standard InChI is InChI=1S/C29H32O13/c1-11-36-9-20-27(40-11)24(31)25(32)29(41-20)42-26-14-7-17-16(38-10-39-17)6-13(14)21(22-15(26)8-37-28(22)33)12-4-18(34-2)23(30)19(5-12)35-3/h4-7,11,15,20-22,24-27,29-32H,8-10H2,1-3H3/t11-,15+,20-,21-,22+,24-,25-,26-,27-,29?/m1/s1. The third-order valence-corrected chi connectivity index (χ3v) is 8.75. The van der Waals surface area contributed by atoms with Crippen LogP contribution in [0.15, 0.2) is 24.3 Å². The molecular formula is C29H32O13. The molecule has 0 aromatic heterocycles. The lowest BCUT2D eigenvalue weighted by Gasteiger charge is -2.47. The van der Waals surface area contributed by atoms with E-state index in [1.54, 1.807) is 31.2 Å². The van der Waals surface area contributed by atoms with Gasteiger partial charge in [-0.3, -0.25) is 4.79 Å². The normalized spacial score (nSPS) is 36.5. The number of aliphatic hydroxyl groups is 2. The molecule has 2 aromatic rings. The summed E-state index contributed by atoms with van der Waals surface area (Å²) in [5.74, 6) is -1.02. The Morgan fingerprint density at radius 1 is 0.881 bits per heavy atom. The number of phenolic OH excluding ortho intramolecular Hbond substituents is 1. The van der Waals surface area contributed by atoms with E-state index >= 15 is 0 Å². The highest BCUT2D eigenvalue weighted by Crippen LogP contribution is 2.57. The topological polar surface area (TPSA) is 161 Å². The number of aromatic hydroxyl groups is 1. The van der Waals surface area contributed by atoms with Crippen molar-refractivity contribution in [2.75, 3.05) is 34.2 Å². The van der Waals surface area contributed by atoms with E-state index in [1.165, 1.54) is 14.2 Å². The fourth-order valence-electron chi connectivity index (χ4n) is 6.74. The van der Waals surface area contributed by atoms with Gasteiger partial charge >= 0.3 is 5.97 Å². The summed E-state index contributed by atoms with van der Waals surface area (Å²) in [7, 11) is 2.86. The van der Waals surface area contributed by atoms with Crippen LogP contribution in [0, 0.1) is 11.8 Å². The minimum absolute atomic E-state index is 0.0301. The number of fused-ring (bicyclic) bond motifs is 4. The van der Waals surface area contributed by atoms with Crippen molar-refractivity contribution in [2.24, 2.45) is 11.8 Å². The van der Waals surface area contributed by atoms with Crippen LogP contribution < -0.4 is 18.9 Å². The molecule has 10 atom stereocenters. The number of methoxy groups -OCH3 is 2. The van der Waals surface area contributed by atoms with Gasteiger partial charge in [-0.05, 0) is 47.9 Å². The number of hydrogen-bond donors (Lipinski definition) is 3. The number of esters is 1. The van der Waals surface area contributed by atoms with Gasteiger partial charge in [0, 0.05) is 11.8 Å². The van der Waals surface area contributed by atoms with Gasteiger partial charge < -0.3 is 58.0 Å². The van der Waals surface area contributed by atoms with E-state index < -0.39 is 66.8 Å². The Hall–Kier alpha value is -3.33. The first kappa shape index (κ1) is 27.5. The summed E-state index contributed by atoms with van der Waals surface area (Å²) < 4.78 is 51.5. The number of phenols is 1. The highest BCUT2D eigenvalue weighted by molar-refractivity contribution is 5.79. The van der Waals surface area contributed by atoms with Crippen molar-refractivity contribution in [1.29, 1.82) is 0 Å². The summed E-state index contributed by atoms with van der Waals surface area (Å²) in [6.45, 7) is 1.93. The predicted octanol–water partition coefficient (Wildman–Crippen LogP) is 1.34. The fourth-order valence-corrected chi connectivity index (χ4v) is 6.74. The zero-order chi connectivity index (χ0) is 29.3. The van der Waals surface area contributed by atoms with E-state index in [0.29, 0.717) is 28.2 Å². The summed E-state index contributed by atoms with van der Waals surface area (Å²) in [6, 6.07) is 6.93. The van der Waals surface area contributed by atoms with Crippen LogP contribution in [0.3, 0.4) is 0 Å². The minimum atomic E-state index is -1.44. The van der Waals surface area contributed by atoms with E-state index in [1.807, 2.05) is 0 Å². The SMILES string of the molecule is COc1cc([C@@H]2c3cc4c(cc3[C@@H](OC3O[C@@H]5CO[C@@H](C)O[C@H]5[C@H](O)[C@H]3O)[C@H]3COC(=O)[C@H]23)OCO4)cc(OC)c1O. The first-order valence-corrected chi connectivity index (χ1v) is 13.8. The van der Waals surface area contributed by atoms with E-state index in [4.69, 9.17) is 42.6 Å². The lowest BCUT2D eigenvalue weighted by molar-refractivity contribution is -0.364. The molecule has 7 rings (SSSR count). The summed E-state index contributed by atoms with van der Waals surface area (Å²) in [5.41, 5.74) is 2.01. The van der Waals surface area contributed by atoms with Crippen molar-refractivity contribution in [3.63, 3.8) is 0 Å². The van der Waals surface area contributed by atoms with Crippen LogP contribution in [0.2, 0.25) is 0 Å². The number of benzene rings is 2. The Kier molecular flexibility index (Phi) is 6.83. The lowest BCUT2D eigenvalue weighted by Crippen LogP contribution is -2.63.